The van der Waals surface area contributed by atoms with E-state index in [2.05, 4.69) is 5.32 Å². The first-order chi connectivity index (χ1) is 11.1. The number of hydrogen-bond acceptors (Lipinski definition) is 5. The first kappa shape index (κ1) is 15.1. The second-order valence-corrected chi connectivity index (χ2v) is 5.20. The fraction of sp³-hybridized carbons (Fsp3) is 0.312. The molecule has 120 valence electrons. The van der Waals surface area contributed by atoms with Crippen molar-refractivity contribution in [1.29, 1.82) is 0 Å². The lowest BCUT2D eigenvalue weighted by molar-refractivity contribution is 0.0949. The fourth-order valence-electron chi connectivity index (χ4n) is 2.42. The molecule has 1 N–H and O–H groups in total. The van der Waals surface area contributed by atoms with Crippen molar-refractivity contribution < 1.29 is 18.7 Å². The van der Waals surface area contributed by atoms with Crippen LogP contribution in [0, 0.1) is 0 Å². The molecule has 1 aromatic carbocycles. The second-order valence-electron chi connectivity index (χ2n) is 5.20. The summed E-state index contributed by atoms with van der Waals surface area (Å²) in [6.45, 7) is 1.84. The molecule has 7 nitrogen and oxygen atoms in total. The molecule has 3 rings (SSSR count). The molecule has 0 radical (unpaired) electrons. The molecule has 0 saturated carbocycles. The van der Waals surface area contributed by atoms with Crippen LogP contribution in [0.5, 0.6) is 0 Å². The van der Waals surface area contributed by atoms with Crippen LogP contribution in [0.2, 0.25) is 0 Å². The molecule has 0 atom stereocenters. The minimum Gasteiger partial charge on any atom is -0.448 e. The summed E-state index contributed by atoms with van der Waals surface area (Å²) in [7, 11) is 0. The third-order valence-electron chi connectivity index (χ3n) is 3.62. The molecule has 0 aliphatic carbocycles. The predicted octanol–water partition coefficient (Wildman–Crippen LogP) is 1.37. The number of carbonyl (C=O) groups excluding carboxylic acids is 2. The quantitative estimate of drug-likeness (QED) is 0.664. The van der Waals surface area contributed by atoms with Crippen LogP contribution in [0.15, 0.2) is 39.5 Å². The Morgan fingerprint density at radius 2 is 2.09 bits per heavy atom. The highest BCUT2D eigenvalue weighted by Crippen LogP contribution is 2.12. The first-order valence-electron chi connectivity index (χ1n) is 7.38. The molecule has 1 aromatic heterocycles. The zero-order valence-electron chi connectivity index (χ0n) is 12.4. The summed E-state index contributed by atoms with van der Waals surface area (Å²) in [5.41, 5.74) is -0.241. The fourth-order valence-corrected chi connectivity index (χ4v) is 2.42. The molecule has 1 aliphatic heterocycles. The van der Waals surface area contributed by atoms with E-state index in [1.165, 1.54) is 6.07 Å². The standard InChI is InChI=1S/C16H16N2O5/c19-14(17-6-3-7-18-8-9-22-16(18)21)12-10-11-4-1-2-5-13(11)23-15(12)20/h1-2,4-5,10H,3,6-9H2,(H,17,19). The lowest BCUT2D eigenvalue weighted by Gasteiger charge is -2.12. The number of carbonyl (C=O) groups is 2. The Hall–Kier alpha value is -2.83. The Bertz CT molecular complexity index is 798. The van der Waals surface area contributed by atoms with Gasteiger partial charge >= 0.3 is 11.7 Å². The van der Waals surface area contributed by atoms with Crippen LogP contribution in [0.4, 0.5) is 4.79 Å². The highest BCUT2D eigenvalue weighted by Gasteiger charge is 2.21. The smallest absolute Gasteiger partial charge is 0.409 e. The molecule has 0 bridgehead atoms. The van der Waals surface area contributed by atoms with Gasteiger partial charge in [-0.15, -0.1) is 0 Å². The number of cyclic esters (lactones) is 1. The van der Waals surface area contributed by atoms with Crippen LogP contribution in [-0.4, -0.2) is 43.1 Å². The van der Waals surface area contributed by atoms with E-state index in [9.17, 15) is 14.4 Å². The SMILES string of the molecule is O=C(NCCCN1CCOC1=O)c1cc2ccccc2oc1=O. The monoisotopic (exact) mass is 316 g/mol. The third kappa shape index (κ3) is 3.33. The maximum Gasteiger partial charge on any atom is 0.409 e. The average Bonchev–Trinajstić information content (AvgIpc) is 2.96. The van der Waals surface area contributed by atoms with Crippen LogP contribution < -0.4 is 10.9 Å². The normalized spacial score (nSPS) is 14.1. The Morgan fingerprint density at radius 1 is 1.26 bits per heavy atom. The number of rotatable bonds is 5. The summed E-state index contributed by atoms with van der Waals surface area (Å²) in [4.78, 5) is 36.8. The Balaban J connectivity index is 1.59. The second kappa shape index (κ2) is 6.51. The van der Waals surface area contributed by atoms with Crippen LogP contribution in [0.1, 0.15) is 16.8 Å². The summed E-state index contributed by atoms with van der Waals surface area (Å²) in [5, 5.41) is 3.36. The maximum absolute atomic E-state index is 12.1. The highest BCUT2D eigenvalue weighted by atomic mass is 16.6. The number of fused-ring (bicyclic) bond motifs is 1. The molecule has 1 aliphatic rings. The Kier molecular flexibility index (Phi) is 4.27. The first-order valence-corrected chi connectivity index (χ1v) is 7.38. The summed E-state index contributed by atoms with van der Waals surface area (Å²) >= 11 is 0. The molecule has 2 aromatic rings. The van der Waals surface area contributed by atoms with Crippen LogP contribution in [0.3, 0.4) is 0 Å². The van der Waals surface area contributed by atoms with Crippen molar-refractivity contribution in [1.82, 2.24) is 10.2 Å². The topological polar surface area (TPSA) is 88.8 Å². The largest absolute Gasteiger partial charge is 0.448 e. The number of ether oxygens (including phenoxy) is 1. The van der Waals surface area contributed by atoms with Gasteiger partial charge in [-0.1, -0.05) is 18.2 Å². The third-order valence-corrected chi connectivity index (χ3v) is 3.62. The van der Waals surface area contributed by atoms with E-state index in [4.69, 9.17) is 9.15 Å². The van der Waals surface area contributed by atoms with Crippen molar-refractivity contribution in [3.8, 4) is 0 Å². The molecule has 1 saturated heterocycles. The van der Waals surface area contributed by atoms with Crippen LogP contribution in [-0.2, 0) is 4.74 Å². The summed E-state index contributed by atoms with van der Waals surface area (Å²) in [5.74, 6) is -0.478. The molecule has 2 heterocycles. The van der Waals surface area contributed by atoms with E-state index in [1.54, 1.807) is 29.2 Å². The van der Waals surface area contributed by atoms with E-state index >= 15 is 0 Å². The van der Waals surface area contributed by atoms with Gasteiger partial charge in [-0.25, -0.2) is 9.59 Å². The zero-order valence-corrected chi connectivity index (χ0v) is 12.4. The van der Waals surface area contributed by atoms with Crippen molar-refractivity contribution in [2.24, 2.45) is 0 Å². The van der Waals surface area contributed by atoms with E-state index in [1.807, 2.05) is 0 Å². The van der Waals surface area contributed by atoms with Crippen molar-refractivity contribution >= 4 is 23.0 Å². The number of amides is 2. The number of para-hydroxylation sites is 1. The highest BCUT2D eigenvalue weighted by molar-refractivity contribution is 5.96. The van der Waals surface area contributed by atoms with Crippen molar-refractivity contribution in [3.63, 3.8) is 0 Å². The van der Waals surface area contributed by atoms with Gasteiger partial charge in [0.2, 0.25) is 0 Å². The van der Waals surface area contributed by atoms with Gasteiger partial charge in [0, 0.05) is 18.5 Å². The lowest BCUT2D eigenvalue weighted by atomic mass is 10.2. The van der Waals surface area contributed by atoms with Gasteiger partial charge < -0.3 is 19.4 Å². The van der Waals surface area contributed by atoms with Gasteiger partial charge in [-0.05, 0) is 18.6 Å². The maximum atomic E-state index is 12.1. The van der Waals surface area contributed by atoms with Gasteiger partial charge in [0.1, 0.15) is 17.8 Å². The summed E-state index contributed by atoms with van der Waals surface area (Å²) < 4.78 is 9.95. The van der Waals surface area contributed by atoms with E-state index in [0.29, 0.717) is 43.6 Å². The zero-order chi connectivity index (χ0) is 16.2. The Labute approximate surface area is 131 Å². The van der Waals surface area contributed by atoms with Crippen LogP contribution >= 0.6 is 0 Å². The molecular formula is C16H16N2O5. The van der Waals surface area contributed by atoms with Crippen LogP contribution in [0.25, 0.3) is 11.0 Å². The van der Waals surface area contributed by atoms with Crippen molar-refractivity contribution in [2.75, 3.05) is 26.2 Å². The molecule has 2 amide bonds. The van der Waals surface area contributed by atoms with E-state index in [0.717, 1.165) is 0 Å². The molecule has 0 spiro atoms. The summed E-state index contributed by atoms with van der Waals surface area (Å²) in [6, 6.07) is 8.53. The van der Waals surface area contributed by atoms with Gasteiger partial charge in [-0.2, -0.15) is 0 Å². The molecular weight excluding hydrogens is 300 g/mol. The van der Waals surface area contributed by atoms with Gasteiger partial charge in [0.25, 0.3) is 5.91 Å². The Morgan fingerprint density at radius 3 is 2.87 bits per heavy atom. The average molecular weight is 316 g/mol. The number of benzene rings is 1. The van der Waals surface area contributed by atoms with Crippen molar-refractivity contribution in [2.45, 2.75) is 6.42 Å². The van der Waals surface area contributed by atoms with Gasteiger partial charge in [0.05, 0.1) is 6.54 Å². The molecule has 7 heteroatoms. The van der Waals surface area contributed by atoms with Crippen molar-refractivity contribution in [3.05, 3.63) is 46.3 Å². The molecule has 0 unspecified atom stereocenters. The minimum atomic E-state index is -0.663. The number of hydrogen-bond donors (Lipinski definition) is 1. The minimum absolute atomic E-state index is 0.0238. The van der Waals surface area contributed by atoms with E-state index in [-0.39, 0.29) is 11.7 Å². The van der Waals surface area contributed by atoms with E-state index < -0.39 is 11.5 Å². The molecule has 1 fully saturated rings. The lowest BCUT2D eigenvalue weighted by Crippen LogP contribution is -2.32. The molecule has 23 heavy (non-hydrogen) atoms. The van der Waals surface area contributed by atoms with Gasteiger partial charge in [-0.3, -0.25) is 4.79 Å². The number of nitrogens with one attached hydrogen (secondary N) is 1. The predicted molar refractivity (Wildman–Crippen MR) is 82.4 cm³/mol. The van der Waals surface area contributed by atoms with Gasteiger partial charge in [0.15, 0.2) is 0 Å². The number of nitrogens with zero attached hydrogens (tertiary/aromatic N) is 1. The summed E-state index contributed by atoms with van der Waals surface area (Å²) in [6.07, 6.45) is 0.256.